The van der Waals surface area contributed by atoms with Crippen LogP contribution >= 0.6 is 35.6 Å². The summed E-state index contributed by atoms with van der Waals surface area (Å²) in [7, 11) is 1.69. The molecule has 2 rings (SSSR count). The Morgan fingerprint density at radius 2 is 1.93 bits per heavy atom. The lowest BCUT2D eigenvalue weighted by atomic mass is 9.96. The lowest BCUT2D eigenvalue weighted by Gasteiger charge is -2.31. The van der Waals surface area contributed by atoms with Gasteiger partial charge in [-0.25, -0.2) is 0 Å². The van der Waals surface area contributed by atoms with Crippen LogP contribution in [0.15, 0.2) is 29.3 Å². The SMILES string of the molecule is CCNC(=NCC1CCN(Cc2ccccc2Cl)CC1)NCCCOCCOC.I. The number of methoxy groups -OCH3 is 1. The van der Waals surface area contributed by atoms with Crippen molar-refractivity contribution in [2.75, 3.05) is 59.7 Å². The number of guanidine groups is 1. The Balaban J connectivity index is 0.00000450. The predicted octanol–water partition coefficient (Wildman–Crippen LogP) is 3.78. The summed E-state index contributed by atoms with van der Waals surface area (Å²) in [4.78, 5) is 7.30. The Kier molecular flexibility index (Phi) is 15.5. The fraction of sp³-hybridized carbons (Fsp3) is 0.682. The van der Waals surface area contributed by atoms with Crippen LogP contribution in [0.4, 0.5) is 0 Å². The van der Waals surface area contributed by atoms with Crippen molar-refractivity contribution < 1.29 is 9.47 Å². The van der Waals surface area contributed by atoms with E-state index in [4.69, 9.17) is 26.1 Å². The minimum atomic E-state index is 0. The summed E-state index contributed by atoms with van der Waals surface area (Å²) in [5.41, 5.74) is 1.22. The van der Waals surface area contributed by atoms with Crippen molar-refractivity contribution in [2.24, 2.45) is 10.9 Å². The van der Waals surface area contributed by atoms with Gasteiger partial charge in [-0.3, -0.25) is 9.89 Å². The van der Waals surface area contributed by atoms with Crippen LogP contribution in [-0.4, -0.2) is 70.5 Å². The molecule has 6 nitrogen and oxygen atoms in total. The van der Waals surface area contributed by atoms with E-state index < -0.39 is 0 Å². The molecule has 1 heterocycles. The van der Waals surface area contributed by atoms with E-state index in [2.05, 4.69) is 34.6 Å². The van der Waals surface area contributed by atoms with Crippen molar-refractivity contribution >= 4 is 41.5 Å². The lowest BCUT2D eigenvalue weighted by molar-refractivity contribution is 0.0698. The second-order valence-corrected chi connectivity index (χ2v) is 7.82. The van der Waals surface area contributed by atoms with Crippen molar-refractivity contribution in [2.45, 2.75) is 32.7 Å². The van der Waals surface area contributed by atoms with Crippen LogP contribution in [0.1, 0.15) is 31.7 Å². The number of rotatable bonds is 12. The number of hydrogen-bond acceptors (Lipinski definition) is 4. The molecule has 1 aromatic carbocycles. The molecule has 1 saturated heterocycles. The van der Waals surface area contributed by atoms with Crippen LogP contribution in [0.25, 0.3) is 0 Å². The first-order valence-electron chi connectivity index (χ1n) is 10.8. The fourth-order valence-corrected chi connectivity index (χ4v) is 3.58. The summed E-state index contributed by atoms with van der Waals surface area (Å²) in [5.74, 6) is 1.55. The van der Waals surface area contributed by atoms with E-state index in [1.54, 1.807) is 7.11 Å². The predicted molar refractivity (Wildman–Crippen MR) is 136 cm³/mol. The van der Waals surface area contributed by atoms with Crippen LogP contribution in [0.3, 0.4) is 0 Å². The number of ether oxygens (including phenoxy) is 2. The van der Waals surface area contributed by atoms with Gasteiger partial charge in [-0.2, -0.15) is 0 Å². The molecule has 0 atom stereocenters. The molecule has 0 saturated carbocycles. The second kappa shape index (κ2) is 17.0. The van der Waals surface area contributed by atoms with Gasteiger partial charge in [-0.1, -0.05) is 29.8 Å². The number of halogens is 2. The molecule has 0 radical (unpaired) electrons. The Morgan fingerprint density at radius 3 is 2.63 bits per heavy atom. The molecular formula is C22H38ClIN4O2. The summed E-state index contributed by atoms with van der Waals surface area (Å²) in [6, 6.07) is 8.14. The molecule has 0 unspecified atom stereocenters. The fourth-order valence-electron chi connectivity index (χ4n) is 3.38. The summed E-state index contributed by atoms with van der Waals surface area (Å²) < 4.78 is 10.5. The first kappa shape index (κ1) is 27.4. The van der Waals surface area contributed by atoms with Crippen LogP contribution in [-0.2, 0) is 16.0 Å². The van der Waals surface area contributed by atoms with E-state index in [1.807, 2.05) is 12.1 Å². The zero-order chi connectivity index (χ0) is 20.7. The molecule has 0 aliphatic carbocycles. The van der Waals surface area contributed by atoms with E-state index in [9.17, 15) is 0 Å². The highest BCUT2D eigenvalue weighted by atomic mass is 127. The Morgan fingerprint density at radius 1 is 1.17 bits per heavy atom. The Bertz CT molecular complexity index is 598. The smallest absolute Gasteiger partial charge is 0.191 e. The number of likely N-dealkylation sites (tertiary alicyclic amines) is 1. The van der Waals surface area contributed by atoms with Crippen LogP contribution in [0.2, 0.25) is 5.02 Å². The van der Waals surface area contributed by atoms with Crippen molar-refractivity contribution in [3.8, 4) is 0 Å². The zero-order valence-electron chi connectivity index (χ0n) is 18.4. The summed E-state index contributed by atoms with van der Waals surface area (Å²) in [5, 5.41) is 7.60. The molecule has 0 amide bonds. The molecule has 1 aromatic rings. The molecule has 2 N–H and O–H groups in total. The third-order valence-electron chi connectivity index (χ3n) is 5.10. The quantitative estimate of drug-likeness (QED) is 0.179. The van der Waals surface area contributed by atoms with Crippen LogP contribution < -0.4 is 10.6 Å². The largest absolute Gasteiger partial charge is 0.382 e. The highest BCUT2D eigenvalue weighted by Gasteiger charge is 2.19. The standard InChI is InChI=1S/C22H37ClN4O2.HI/c1-3-24-22(25-11-6-14-29-16-15-28-2)26-17-19-9-12-27(13-10-19)18-20-7-4-5-8-21(20)23;/h4-5,7-8,19H,3,6,9-18H2,1-2H3,(H2,24,25,26);1H. The van der Waals surface area contributed by atoms with Gasteiger partial charge in [-0.05, 0) is 56.8 Å². The van der Waals surface area contributed by atoms with Crippen molar-refractivity contribution in [1.82, 2.24) is 15.5 Å². The molecule has 1 fully saturated rings. The minimum Gasteiger partial charge on any atom is -0.382 e. The number of nitrogens with one attached hydrogen (secondary N) is 2. The summed E-state index contributed by atoms with van der Waals surface area (Å²) in [6.07, 6.45) is 3.32. The highest BCUT2D eigenvalue weighted by Crippen LogP contribution is 2.22. The van der Waals surface area contributed by atoms with Gasteiger partial charge in [0, 0.05) is 44.9 Å². The highest BCUT2D eigenvalue weighted by molar-refractivity contribution is 14.0. The zero-order valence-corrected chi connectivity index (χ0v) is 21.5. The first-order valence-corrected chi connectivity index (χ1v) is 11.1. The van der Waals surface area contributed by atoms with Gasteiger partial charge in [0.25, 0.3) is 0 Å². The van der Waals surface area contributed by atoms with Crippen LogP contribution in [0, 0.1) is 5.92 Å². The number of nitrogens with zero attached hydrogens (tertiary/aromatic N) is 2. The maximum Gasteiger partial charge on any atom is 0.191 e. The molecule has 1 aliphatic rings. The molecule has 1 aliphatic heterocycles. The molecule has 0 spiro atoms. The second-order valence-electron chi connectivity index (χ2n) is 7.42. The van der Waals surface area contributed by atoms with Gasteiger partial charge in [0.05, 0.1) is 13.2 Å². The molecule has 8 heteroatoms. The number of benzene rings is 1. The molecule has 172 valence electrons. The van der Waals surface area contributed by atoms with Gasteiger partial charge in [0.1, 0.15) is 0 Å². The van der Waals surface area contributed by atoms with E-state index in [0.717, 1.165) is 63.3 Å². The first-order chi connectivity index (χ1) is 14.2. The van der Waals surface area contributed by atoms with Crippen LogP contribution in [0.5, 0.6) is 0 Å². The normalized spacial score (nSPS) is 15.6. The summed E-state index contributed by atoms with van der Waals surface area (Å²) in [6.45, 7) is 9.88. The third kappa shape index (κ3) is 11.1. The molecule has 0 bridgehead atoms. The van der Waals surface area contributed by atoms with Gasteiger partial charge in [-0.15, -0.1) is 24.0 Å². The number of piperidine rings is 1. The Hall–Kier alpha value is -0.610. The topological polar surface area (TPSA) is 58.1 Å². The molecular weight excluding hydrogens is 515 g/mol. The third-order valence-corrected chi connectivity index (χ3v) is 5.47. The van der Waals surface area contributed by atoms with Crippen molar-refractivity contribution in [1.29, 1.82) is 0 Å². The van der Waals surface area contributed by atoms with Crippen molar-refractivity contribution in [3.63, 3.8) is 0 Å². The van der Waals surface area contributed by atoms with E-state index >= 15 is 0 Å². The van der Waals surface area contributed by atoms with E-state index in [-0.39, 0.29) is 24.0 Å². The van der Waals surface area contributed by atoms with Gasteiger partial charge < -0.3 is 20.1 Å². The molecule has 30 heavy (non-hydrogen) atoms. The van der Waals surface area contributed by atoms with E-state index in [0.29, 0.717) is 19.1 Å². The van der Waals surface area contributed by atoms with Gasteiger partial charge in [0.2, 0.25) is 0 Å². The summed E-state index contributed by atoms with van der Waals surface area (Å²) >= 11 is 6.30. The minimum absolute atomic E-state index is 0. The van der Waals surface area contributed by atoms with E-state index in [1.165, 1.54) is 18.4 Å². The number of hydrogen-bond donors (Lipinski definition) is 2. The maximum atomic E-state index is 6.30. The van der Waals surface area contributed by atoms with Crippen molar-refractivity contribution in [3.05, 3.63) is 34.9 Å². The van der Waals surface area contributed by atoms with Gasteiger partial charge in [0.15, 0.2) is 5.96 Å². The Labute approximate surface area is 204 Å². The van der Waals surface area contributed by atoms with Gasteiger partial charge >= 0.3 is 0 Å². The molecule has 0 aromatic heterocycles. The average Bonchev–Trinajstić information content (AvgIpc) is 2.74. The number of aliphatic imine (C=N–C) groups is 1. The monoisotopic (exact) mass is 552 g/mol. The average molecular weight is 553 g/mol. The lowest BCUT2D eigenvalue weighted by Crippen LogP contribution is -2.39. The maximum absolute atomic E-state index is 6.30.